The Kier molecular flexibility index (Phi) is 4.83. The van der Waals surface area contributed by atoms with Crippen molar-refractivity contribution in [3.05, 3.63) is 60.2 Å². The van der Waals surface area contributed by atoms with Crippen LogP contribution in [0.2, 0.25) is 0 Å². The summed E-state index contributed by atoms with van der Waals surface area (Å²) in [7, 11) is 0. The van der Waals surface area contributed by atoms with E-state index in [1.54, 1.807) is 0 Å². The van der Waals surface area contributed by atoms with E-state index in [9.17, 15) is 0 Å². The van der Waals surface area contributed by atoms with Crippen LogP contribution in [0.4, 0.5) is 0 Å². The summed E-state index contributed by atoms with van der Waals surface area (Å²) in [6, 6.07) is 18.9. The second kappa shape index (κ2) is 7.20. The third-order valence-electron chi connectivity index (χ3n) is 3.71. The smallest absolute Gasteiger partial charge is 0.186 e. The number of fused-ring (bicyclic) bond motifs is 2. The molecule has 0 atom stereocenters. The molecule has 0 aromatic heterocycles. The van der Waals surface area contributed by atoms with Crippen molar-refractivity contribution < 1.29 is 0 Å². The van der Waals surface area contributed by atoms with Crippen LogP contribution in [0, 0.1) is 0 Å². The first kappa shape index (κ1) is 15.4. The Morgan fingerprint density at radius 2 is 1.65 bits per heavy atom. The average Bonchev–Trinajstić information content (AvgIpc) is 2.59. The highest BCUT2D eigenvalue weighted by Gasteiger charge is 2.05. The second-order valence-corrected chi connectivity index (χ2v) is 5.77. The summed E-state index contributed by atoms with van der Waals surface area (Å²) >= 11 is 5.19. The SMILES string of the molecule is CCCNC(=S)N/N=C/c1c2ccccc2cc2ccccc12. The van der Waals surface area contributed by atoms with Crippen LogP contribution in [0.15, 0.2) is 59.7 Å². The summed E-state index contributed by atoms with van der Waals surface area (Å²) in [5.41, 5.74) is 3.99. The number of nitrogens with zero attached hydrogens (tertiary/aromatic N) is 1. The molecule has 0 heterocycles. The van der Waals surface area contributed by atoms with E-state index in [0.29, 0.717) is 5.11 Å². The van der Waals surface area contributed by atoms with Crippen molar-refractivity contribution in [1.29, 1.82) is 0 Å². The van der Waals surface area contributed by atoms with Gasteiger partial charge in [-0.15, -0.1) is 0 Å². The van der Waals surface area contributed by atoms with Crippen LogP contribution in [-0.2, 0) is 0 Å². The number of hydrogen-bond acceptors (Lipinski definition) is 2. The molecular weight excluding hydrogens is 302 g/mol. The minimum absolute atomic E-state index is 0.549. The highest BCUT2D eigenvalue weighted by molar-refractivity contribution is 7.80. The van der Waals surface area contributed by atoms with E-state index in [-0.39, 0.29) is 0 Å². The van der Waals surface area contributed by atoms with E-state index in [1.165, 1.54) is 21.5 Å². The van der Waals surface area contributed by atoms with Gasteiger partial charge in [-0.25, -0.2) is 0 Å². The van der Waals surface area contributed by atoms with Crippen molar-refractivity contribution in [3.63, 3.8) is 0 Å². The molecular formula is C19H19N3S. The van der Waals surface area contributed by atoms with Gasteiger partial charge < -0.3 is 5.32 Å². The van der Waals surface area contributed by atoms with Crippen LogP contribution in [0.3, 0.4) is 0 Å². The first-order valence-corrected chi connectivity index (χ1v) is 8.18. The molecule has 0 fully saturated rings. The van der Waals surface area contributed by atoms with Crippen molar-refractivity contribution in [2.45, 2.75) is 13.3 Å². The van der Waals surface area contributed by atoms with E-state index in [2.05, 4.69) is 77.4 Å². The lowest BCUT2D eigenvalue weighted by Gasteiger charge is -2.08. The Bertz CT molecular complexity index is 817. The highest BCUT2D eigenvalue weighted by atomic mass is 32.1. The van der Waals surface area contributed by atoms with Crippen LogP contribution < -0.4 is 10.7 Å². The van der Waals surface area contributed by atoms with Gasteiger partial charge in [0.2, 0.25) is 0 Å². The molecule has 0 aliphatic carbocycles. The molecule has 0 aliphatic heterocycles. The number of nitrogens with one attached hydrogen (secondary N) is 2. The van der Waals surface area contributed by atoms with E-state index in [1.807, 2.05) is 6.21 Å². The molecule has 2 N–H and O–H groups in total. The Labute approximate surface area is 141 Å². The van der Waals surface area contributed by atoms with Gasteiger partial charge in [0, 0.05) is 12.1 Å². The van der Waals surface area contributed by atoms with Gasteiger partial charge >= 0.3 is 0 Å². The van der Waals surface area contributed by atoms with Gasteiger partial charge in [-0.05, 0) is 46.2 Å². The average molecular weight is 321 g/mol. The van der Waals surface area contributed by atoms with Crippen LogP contribution in [-0.4, -0.2) is 17.9 Å². The predicted octanol–water partition coefficient (Wildman–Crippen LogP) is 4.20. The monoisotopic (exact) mass is 321 g/mol. The minimum Gasteiger partial charge on any atom is -0.361 e. The number of benzene rings is 3. The highest BCUT2D eigenvalue weighted by Crippen LogP contribution is 2.27. The Morgan fingerprint density at radius 3 is 2.26 bits per heavy atom. The van der Waals surface area contributed by atoms with Crippen molar-refractivity contribution in [1.82, 2.24) is 10.7 Å². The summed E-state index contributed by atoms with van der Waals surface area (Å²) in [4.78, 5) is 0. The Hall–Kier alpha value is -2.46. The second-order valence-electron chi connectivity index (χ2n) is 5.36. The van der Waals surface area contributed by atoms with Crippen LogP contribution in [0.5, 0.6) is 0 Å². The van der Waals surface area contributed by atoms with Gasteiger partial charge in [-0.3, -0.25) is 5.43 Å². The molecule has 0 saturated heterocycles. The zero-order valence-electron chi connectivity index (χ0n) is 13.0. The van der Waals surface area contributed by atoms with Crippen LogP contribution in [0.1, 0.15) is 18.9 Å². The molecule has 0 aliphatic rings. The van der Waals surface area contributed by atoms with Gasteiger partial charge in [0.15, 0.2) is 5.11 Å². The Morgan fingerprint density at radius 1 is 1.04 bits per heavy atom. The molecule has 0 spiro atoms. The molecule has 0 radical (unpaired) electrons. The molecule has 3 nitrogen and oxygen atoms in total. The molecule has 0 unspecified atom stereocenters. The topological polar surface area (TPSA) is 36.4 Å². The van der Waals surface area contributed by atoms with Crippen molar-refractivity contribution in [2.24, 2.45) is 5.10 Å². The van der Waals surface area contributed by atoms with Gasteiger partial charge in [0.05, 0.1) is 6.21 Å². The first-order valence-electron chi connectivity index (χ1n) is 7.77. The largest absolute Gasteiger partial charge is 0.361 e. The fourth-order valence-electron chi connectivity index (χ4n) is 2.62. The lowest BCUT2D eigenvalue weighted by Crippen LogP contribution is -2.32. The molecule has 116 valence electrons. The quantitative estimate of drug-likeness (QED) is 0.327. The molecule has 3 aromatic carbocycles. The normalized spacial score (nSPS) is 11.2. The lowest BCUT2D eigenvalue weighted by molar-refractivity contribution is 0.817. The number of hydrazone groups is 1. The fraction of sp³-hybridized carbons (Fsp3) is 0.158. The third-order valence-corrected chi connectivity index (χ3v) is 3.94. The molecule has 23 heavy (non-hydrogen) atoms. The molecule has 4 heteroatoms. The molecule has 0 amide bonds. The summed E-state index contributed by atoms with van der Waals surface area (Å²) in [5.74, 6) is 0. The summed E-state index contributed by atoms with van der Waals surface area (Å²) < 4.78 is 0. The standard InChI is InChI=1S/C19H19N3S/c1-2-11-20-19(23)22-21-13-18-16-9-5-3-7-14(16)12-15-8-4-6-10-17(15)18/h3-10,12-13H,2,11H2,1H3,(H2,20,22,23)/b21-13+. The van der Waals surface area contributed by atoms with Gasteiger partial charge in [0.1, 0.15) is 0 Å². The van der Waals surface area contributed by atoms with Gasteiger partial charge in [0.25, 0.3) is 0 Å². The van der Waals surface area contributed by atoms with Crippen LogP contribution >= 0.6 is 12.2 Å². The summed E-state index contributed by atoms with van der Waals surface area (Å²) in [6.07, 6.45) is 2.88. The van der Waals surface area contributed by atoms with Gasteiger partial charge in [-0.2, -0.15) is 5.10 Å². The van der Waals surface area contributed by atoms with Crippen molar-refractivity contribution >= 4 is 45.1 Å². The summed E-state index contributed by atoms with van der Waals surface area (Å²) in [5, 5.41) is 12.7. The number of rotatable bonds is 4. The maximum atomic E-state index is 5.19. The lowest BCUT2D eigenvalue weighted by atomic mass is 9.97. The number of thiocarbonyl (C=S) groups is 1. The third kappa shape index (κ3) is 3.48. The fourth-order valence-corrected chi connectivity index (χ4v) is 2.78. The predicted molar refractivity (Wildman–Crippen MR) is 103 cm³/mol. The molecule has 3 rings (SSSR count). The maximum Gasteiger partial charge on any atom is 0.186 e. The van der Waals surface area contributed by atoms with E-state index in [0.717, 1.165) is 18.5 Å². The zero-order valence-corrected chi connectivity index (χ0v) is 13.9. The summed E-state index contributed by atoms with van der Waals surface area (Å²) in [6.45, 7) is 2.94. The first-order chi connectivity index (χ1) is 11.3. The zero-order chi connectivity index (χ0) is 16.1. The van der Waals surface area contributed by atoms with Crippen molar-refractivity contribution in [3.8, 4) is 0 Å². The van der Waals surface area contributed by atoms with E-state index < -0.39 is 0 Å². The van der Waals surface area contributed by atoms with E-state index >= 15 is 0 Å². The number of hydrogen-bond donors (Lipinski definition) is 2. The Balaban J connectivity index is 1.98. The van der Waals surface area contributed by atoms with Gasteiger partial charge in [-0.1, -0.05) is 55.5 Å². The maximum absolute atomic E-state index is 5.19. The van der Waals surface area contributed by atoms with Crippen molar-refractivity contribution in [2.75, 3.05) is 6.54 Å². The molecule has 3 aromatic rings. The van der Waals surface area contributed by atoms with Crippen LogP contribution in [0.25, 0.3) is 21.5 Å². The minimum atomic E-state index is 0.549. The molecule has 0 bridgehead atoms. The van der Waals surface area contributed by atoms with E-state index in [4.69, 9.17) is 12.2 Å². The molecule has 0 saturated carbocycles.